The Morgan fingerprint density at radius 2 is 1.83 bits per heavy atom. The molecule has 1 saturated carbocycles. The Morgan fingerprint density at radius 3 is 2.56 bits per heavy atom. The topological polar surface area (TPSA) is 105 Å². The molecule has 4 heterocycles. The number of amides is 1. The van der Waals surface area contributed by atoms with E-state index in [4.69, 9.17) is 14.1 Å². The van der Waals surface area contributed by atoms with E-state index >= 15 is 0 Å². The number of aromatic nitrogens is 3. The number of anilines is 3. The number of hydrogen-bond acceptors (Lipinski definition) is 8. The largest absolute Gasteiger partial charge is 0.436 e. The molecule has 6 rings (SSSR count). The van der Waals surface area contributed by atoms with Gasteiger partial charge in [-0.15, -0.1) is 0 Å². The van der Waals surface area contributed by atoms with Gasteiger partial charge in [0.25, 0.3) is 0 Å². The Kier molecular flexibility index (Phi) is 5.52. The van der Waals surface area contributed by atoms with Crippen molar-refractivity contribution in [1.29, 1.82) is 0 Å². The van der Waals surface area contributed by atoms with Crippen LogP contribution in [0.3, 0.4) is 0 Å². The summed E-state index contributed by atoms with van der Waals surface area (Å²) < 4.78 is 12.1. The fourth-order valence-electron chi connectivity index (χ4n) is 5.10. The van der Waals surface area contributed by atoms with Gasteiger partial charge in [-0.2, -0.15) is 0 Å². The minimum absolute atomic E-state index is 0.0138. The van der Waals surface area contributed by atoms with Crippen molar-refractivity contribution in [3.05, 3.63) is 36.7 Å². The minimum atomic E-state index is 0.0138. The van der Waals surface area contributed by atoms with E-state index in [9.17, 15) is 4.79 Å². The molecule has 1 saturated heterocycles. The summed E-state index contributed by atoms with van der Waals surface area (Å²) in [7, 11) is 1.82. The predicted molar refractivity (Wildman–Crippen MR) is 140 cm³/mol. The Balaban J connectivity index is 1.38. The van der Waals surface area contributed by atoms with E-state index in [2.05, 4.69) is 58.4 Å². The molecule has 3 aromatic heterocycles. The quantitative estimate of drug-likeness (QED) is 0.419. The third-order valence-corrected chi connectivity index (χ3v) is 7.09. The summed E-state index contributed by atoms with van der Waals surface area (Å²) in [6, 6.07) is 7.97. The van der Waals surface area contributed by atoms with Gasteiger partial charge in [-0.25, -0.2) is 15.0 Å². The van der Waals surface area contributed by atoms with Gasteiger partial charge in [-0.3, -0.25) is 4.79 Å². The molecule has 0 bridgehead atoms. The summed E-state index contributed by atoms with van der Waals surface area (Å²) >= 11 is 0. The van der Waals surface area contributed by atoms with Gasteiger partial charge in [0, 0.05) is 54.9 Å². The summed E-state index contributed by atoms with van der Waals surface area (Å²) in [6.07, 6.45) is 4.75. The molecule has 9 heteroatoms. The number of morpholine rings is 1. The summed E-state index contributed by atoms with van der Waals surface area (Å²) in [5, 5.41) is 7.76. The van der Waals surface area contributed by atoms with Crippen molar-refractivity contribution in [2.45, 2.75) is 39.4 Å². The molecule has 186 valence electrons. The van der Waals surface area contributed by atoms with Crippen molar-refractivity contribution in [3.8, 4) is 11.5 Å². The number of ether oxygens (including phenoxy) is 1. The van der Waals surface area contributed by atoms with Crippen LogP contribution in [0.15, 0.2) is 41.1 Å². The molecule has 1 amide bonds. The lowest BCUT2D eigenvalue weighted by molar-refractivity contribution is -0.117. The lowest BCUT2D eigenvalue weighted by Crippen LogP contribution is -2.45. The second-order valence-electron chi connectivity index (χ2n) is 10.0. The number of nitrogens with one attached hydrogen (secondary N) is 2. The molecule has 9 nitrogen and oxygen atoms in total. The standard InChI is InChI=1S/C27H30N6O3/c1-14-7-18(14)26(34)32-24-9-19-20(10-29-24)25(28-4)30-11-21(19)27-31-22-8-17(5-6-23(22)36-27)33-12-15(2)35-16(3)13-33/h5-6,8-11,14-16,18H,7,12-13H2,1-4H3,(H,28,30)(H,29,32,34)/t14-,15-,16+,18+/m1/s1. The molecular weight excluding hydrogens is 456 g/mol. The molecule has 2 N–H and O–H groups in total. The number of nitrogens with zero attached hydrogens (tertiary/aromatic N) is 4. The predicted octanol–water partition coefficient (Wildman–Crippen LogP) is 4.69. The highest BCUT2D eigenvalue weighted by molar-refractivity contribution is 6.03. The van der Waals surface area contributed by atoms with Crippen LogP contribution in [0.25, 0.3) is 33.3 Å². The first-order valence-electron chi connectivity index (χ1n) is 12.5. The van der Waals surface area contributed by atoms with Gasteiger partial charge in [-0.05, 0) is 50.5 Å². The van der Waals surface area contributed by atoms with Crippen LogP contribution in [0.2, 0.25) is 0 Å². The first-order valence-corrected chi connectivity index (χ1v) is 12.5. The highest BCUT2D eigenvalue weighted by atomic mass is 16.5. The van der Waals surface area contributed by atoms with Gasteiger partial charge < -0.3 is 24.7 Å². The van der Waals surface area contributed by atoms with Crippen LogP contribution in [-0.4, -0.2) is 53.2 Å². The molecule has 1 aromatic carbocycles. The number of fused-ring (bicyclic) bond motifs is 2. The molecule has 0 unspecified atom stereocenters. The van der Waals surface area contributed by atoms with Crippen LogP contribution in [0.1, 0.15) is 27.2 Å². The van der Waals surface area contributed by atoms with E-state index in [1.54, 1.807) is 12.4 Å². The summed E-state index contributed by atoms with van der Waals surface area (Å²) in [6.45, 7) is 7.95. The number of pyridine rings is 2. The van der Waals surface area contributed by atoms with Gasteiger partial charge in [-0.1, -0.05) is 6.92 Å². The van der Waals surface area contributed by atoms with E-state index < -0.39 is 0 Å². The molecule has 1 aliphatic carbocycles. The molecule has 1 aliphatic heterocycles. The summed E-state index contributed by atoms with van der Waals surface area (Å²) in [5.41, 5.74) is 3.33. The molecule has 4 atom stereocenters. The van der Waals surface area contributed by atoms with Crippen molar-refractivity contribution < 1.29 is 13.9 Å². The zero-order valence-electron chi connectivity index (χ0n) is 20.9. The third kappa shape index (κ3) is 4.13. The van der Waals surface area contributed by atoms with Crippen LogP contribution >= 0.6 is 0 Å². The van der Waals surface area contributed by atoms with Crippen molar-refractivity contribution in [2.75, 3.05) is 35.7 Å². The zero-order chi connectivity index (χ0) is 25.0. The average Bonchev–Trinajstić information content (AvgIpc) is 3.44. The lowest BCUT2D eigenvalue weighted by Gasteiger charge is -2.36. The molecule has 4 aromatic rings. The van der Waals surface area contributed by atoms with Crippen LogP contribution < -0.4 is 15.5 Å². The van der Waals surface area contributed by atoms with E-state index in [1.807, 2.05) is 19.2 Å². The van der Waals surface area contributed by atoms with Crippen molar-refractivity contribution in [3.63, 3.8) is 0 Å². The number of hydrogen-bond donors (Lipinski definition) is 2. The van der Waals surface area contributed by atoms with Gasteiger partial charge >= 0.3 is 0 Å². The molecule has 0 spiro atoms. The first-order chi connectivity index (χ1) is 17.4. The molecular formula is C27H30N6O3. The Morgan fingerprint density at radius 1 is 1.06 bits per heavy atom. The number of oxazole rings is 1. The Labute approximate surface area is 209 Å². The van der Waals surface area contributed by atoms with Crippen molar-refractivity contribution >= 4 is 45.1 Å². The smallest absolute Gasteiger partial charge is 0.229 e. The second kappa shape index (κ2) is 8.74. The maximum atomic E-state index is 12.5. The number of rotatable bonds is 5. The monoisotopic (exact) mass is 486 g/mol. The highest BCUT2D eigenvalue weighted by Gasteiger charge is 2.39. The number of benzene rings is 1. The molecule has 36 heavy (non-hydrogen) atoms. The van der Waals surface area contributed by atoms with Crippen molar-refractivity contribution in [2.24, 2.45) is 11.8 Å². The van der Waals surface area contributed by atoms with E-state index in [-0.39, 0.29) is 24.0 Å². The van der Waals surface area contributed by atoms with Gasteiger partial charge in [0.1, 0.15) is 17.2 Å². The average molecular weight is 487 g/mol. The van der Waals surface area contributed by atoms with Gasteiger partial charge in [0.2, 0.25) is 11.8 Å². The van der Waals surface area contributed by atoms with E-state index in [0.29, 0.717) is 29.0 Å². The Hall–Kier alpha value is -3.72. The fraction of sp³-hybridized carbons (Fsp3) is 0.407. The summed E-state index contributed by atoms with van der Waals surface area (Å²) in [5.74, 6) is 2.19. The maximum Gasteiger partial charge on any atom is 0.229 e. The lowest BCUT2D eigenvalue weighted by atomic mass is 10.1. The van der Waals surface area contributed by atoms with Gasteiger partial charge in [0.05, 0.1) is 17.8 Å². The van der Waals surface area contributed by atoms with Crippen LogP contribution in [0.4, 0.5) is 17.3 Å². The van der Waals surface area contributed by atoms with Gasteiger partial charge in [0.15, 0.2) is 5.58 Å². The normalized spacial score (nSPS) is 23.7. The highest BCUT2D eigenvalue weighted by Crippen LogP contribution is 2.39. The van der Waals surface area contributed by atoms with Crippen LogP contribution in [0, 0.1) is 11.8 Å². The van der Waals surface area contributed by atoms with Crippen molar-refractivity contribution in [1.82, 2.24) is 15.0 Å². The first kappa shape index (κ1) is 22.7. The fourth-order valence-corrected chi connectivity index (χ4v) is 5.10. The SMILES string of the molecule is CNc1ncc(-c2nc3cc(N4C[C@@H](C)O[C@@H](C)C4)ccc3o2)c2cc(NC(=O)[C@H]3C[C@H]3C)ncc12. The second-order valence-corrected chi connectivity index (χ2v) is 10.0. The zero-order valence-corrected chi connectivity index (χ0v) is 20.9. The van der Waals surface area contributed by atoms with E-state index in [1.165, 1.54) is 0 Å². The molecule has 2 fully saturated rings. The van der Waals surface area contributed by atoms with Crippen LogP contribution in [-0.2, 0) is 9.53 Å². The maximum absolute atomic E-state index is 12.5. The summed E-state index contributed by atoms with van der Waals surface area (Å²) in [4.78, 5) is 28.7. The minimum Gasteiger partial charge on any atom is -0.436 e. The number of carbonyl (C=O) groups excluding carboxylic acids is 1. The van der Waals surface area contributed by atoms with E-state index in [0.717, 1.165) is 47.1 Å². The third-order valence-electron chi connectivity index (χ3n) is 7.09. The number of carbonyl (C=O) groups is 1. The van der Waals surface area contributed by atoms with Crippen LogP contribution in [0.5, 0.6) is 0 Å². The molecule has 0 radical (unpaired) electrons. The molecule has 2 aliphatic rings. The Bertz CT molecular complexity index is 1460.